The number of hydrogen-bond acceptors (Lipinski definition) is 5. The van der Waals surface area contributed by atoms with Crippen LogP contribution in [0.2, 0.25) is 0 Å². The predicted octanol–water partition coefficient (Wildman–Crippen LogP) is 1.82. The molecule has 1 saturated heterocycles. The van der Waals surface area contributed by atoms with Crippen molar-refractivity contribution in [1.82, 2.24) is 15.3 Å². The molecule has 0 atom stereocenters. The molecule has 3 aromatic rings. The molecule has 130 valence electrons. The first-order valence-electron chi connectivity index (χ1n) is 8.32. The van der Waals surface area contributed by atoms with Crippen molar-refractivity contribution >= 4 is 34.1 Å². The average molecular weight is 347 g/mol. The minimum absolute atomic E-state index is 0.0149. The number of pyridine rings is 2. The fraction of sp³-hybridized carbons (Fsp3) is 0.158. The molecule has 2 amide bonds. The molecule has 1 aliphatic rings. The zero-order valence-corrected chi connectivity index (χ0v) is 14.0. The van der Waals surface area contributed by atoms with E-state index in [0.29, 0.717) is 36.7 Å². The summed E-state index contributed by atoms with van der Waals surface area (Å²) in [6, 6.07) is 11.2. The number of fused-ring (bicyclic) bond motifs is 1. The molecule has 7 nitrogen and oxygen atoms in total. The Morgan fingerprint density at radius 1 is 1.12 bits per heavy atom. The van der Waals surface area contributed by atoms with Gasteiger partial charge in [0.15, 0.2) is 0 Å². The molecule has 7 heteroatoms. The fourth-order valence-corrected chi connectivity index (χ4v) is 2.98. The molecule has 1 aromatic carbocycles. The Bertz CT molecular complexity index is 966. The molecule has 0 spiro atoms. The fourth-order valence-electron chi connectivity index (χ4n) is 2.98. The van der Waals surface area contributed by atoms with E-state index in [-0.39, 0.29) is 11.8 Å². The van der Waals surface area contributed by atoms with Crippen molar-refractivity contribution in [2.24, 2.45) is 0 Å². The number of rotatable bonds is 3. The highest BCUT2D eigenvalue weighted by Crippen LogP contribution is 2.19. The maximum atomic E-state index is 12.6. The van der Waals surface area contributed by atoms with Gasteiger partial charge in [0.25, 0.3) is 5.91 Å². The van der Waals surface area contributed by atoms with Crippen LogP contribution in [-0.4, -0.2) is 41.4 Å². The van der Waals surface area contributed by atoms with Crippen LogP contribution in [0.3, 0.4) is 0 Å². The van der Waals surface area contributed by atoms with Crippen LogP contribution >= 0.6 is 0 Å². The van der Waals surface area contributed by atoms with Gasteiger partial charge in [-0.25, -0.2) is 4.98 Å². The lowest BCUT2D eigenvalue weighted by molar-refractivity contribution is -0.120. The van der Waals surface area contributed by atoms with Crippen LogP contribution in [-0.2, 0) is 4.79 Å². The molecular weight excluding hydrogens is 330 g/mol. The molecule has 2 aromatic heterocycles. The van der Waals surface area contributed by atoms with Gasteiger partial charge in [-0.2, -0.15) is 0 Å². The summed E-state index contributed by atoms with van der Waals surface area (Å²) < 4.78 is 0. The zero-order valence-electron chi connectivity index (χ0n) is 14.0. The van der Waals surface area contributed by atoms with Crippen molar-refractivity contribution in [2.75, 3.05) is 29.9 Å². The summed E-state index contributed by atoms with van der Waals surface area (Å²) in [5.41, 5.74) is 1.10. The van der Waals surface area contributed by atoms with E-state index in [4.69, 9.17) is 0 Å². The van der Waals surface area contributed by atoms with Crippen molar-refractivity contribution in [3.05, 3.63) is 60.6 Å². The van der Waals surface area contributed by atoms with Crippen LogP contribution in [0.15, 0.2) is 55.0 Å². The van der Waals surface area contributed by atoms with Gasteiger partial charge in [-0.15, -0.1) is 0 Å². The van der Waals surface area contributed by atoms with Crippen LogP contribution in [0.5, 0.6) is 0 Å². The van der Waals surface area contributed by atoms with E-state index in [1.807, 2.05) is 29.2 Å². The standard InChI is InChI=1S/C19H17N5O2/c25-18-12-24(8-7-21-18)17-6-5-14(10-22-17)23-19(26)16-11-20-9-13-3-1-2-4-15(13)16/h1-6,9-11H,7-8,12H2,(H,21,25)(H,23,26). The van der Waals surface area contributed by atoms with E-state index >= 15 is 0 Å². The monoisotopic (exact) mass is 347 g/mol. The summed E-state index contributed by atoms with van der Waals surface area (Å²) in [6.07, 6.45) is 4.89. The number of hydrogen-bond donors (Lipinski definition) is 2. The lowest BCUT2D eigenvalue weighted by Crippen LogP contribution is -2.48. The average Bonchev–Trinajstić information content (AvgIpc) is 2.68. The molecule has 0 unspecified atom stereocenters. The first kappa shape index (κ1) is 16.0. The predicted molar refractivity (Wildman–Crippen MR) is 99.2 cm³/mol. The van der Waals surface area contributed by atoms with Gasteiger partial charge in [0.1, 0.15) is 5.82 Å². The number of anilines is 2. The third-order valence-electron chi connectivity index (χ3n) is 4.28. The molecule has 1 fully saturated rings. The van der Waals surface area contributed by atoms with Crippen molar-refractivity contribution in [2.45, 2.75) is 0 Å². The van der Waals surface area contributed by atoms with Crippen LogP contribution in [0.4, 0.5) is 11.5 Å². The van der Waals surface area contributed by atoms with Crippen molar-refractivity contribution < 1.29 is 9.59 Å². The molecule has 3 heterocycles. The van der Waals surface area contributed by atoms with E-state index in [2.05, 4.69) is 20.6 Å². The lowest BCUT2D eigenvalue weighted by atomic mass is 10.1. The second-order valence-electron chi connectivity index (χ2n) is 6.04. The van der Waals surface area contributed by atoms with Gasteiger partial charge >= 0.3 is 0 Å². The summed E-state index contributed by atoms with van der Waals surface area (Å²) in [4.78, 5) is 34.5. The van der Waals surface area contributed by atoms with Crippen LogP contribution in [0, 0.1) is 0 Å². The maximum Gasteiger partial charge on any atom is 0.257 e. The van der Waals surface area contributed by atoms with E-state index < -0.39 is 0 Å². The maximum absolute atomic E-state index is 12.6. The Balaban J connectivity index is 1.52. The number of piperazine rings is 1. The highest BCUT2D eigenvalue weighted by Gasteiger charge is 2.17. The molecule has 0 saturated carbocycles. The van der Waals surface area contributed by atoms with Crippen molar-refractivity contribution in [1.29, 1.82) is 0 Å². The van der Waals surface area contributed by atoms with Crippen LogP contribution < -0.4 is 15.5 Å². The normalized spacial score (nSPS) is 14.2. The third-order valence-corrected chi connectivity index (χ3v) is 4.28. The highest BCUT2D eigenvalue weighted by molar-refractivity contribution is 6.12. The Kier molecular flexibility index (Phi) is 4.18. The Morgan fingerprint density at radius 3 is 2.81 bits per heavy atom. The van der Waals surface area contributed by atoms with Gasteiger partial charge in [-0.3, -0.25) is 14.6 Å². The van der Waals surface area contributed by atoms with Gasteiger partial charge < -0.3 is 15.5 Å². The summed E-state index contributed by atoms with van der Waals surface area (Å²) in [5.74, 6) is 0.463. The van der Waals surface area contributed by atoms with E-state index in [0.717, 1.165) is 10.8 Å². The minimum atomic E-state index is -0.235. The molecule has 4 rings (SSSR count). The van der Waals surface area contributed by atoms with Crippen LogP contribution in [0.25, 0.3) is 10.8 Å². The van der Waals surface area contributed by atoms with Gasteiger partial charge in [0.05, 0.1) is 24.0 Å². The quantitative estimate of drug-likeness (QED) is 0.755. The number of aromatic nitrogens is 2. The summed E-state index contributed by atoms with van der Waals surface area (Å²) in [5, 5.41) is 7.40. The summed E-state index contributed by atoms with van der Waals surface area (Å²) in [6.45, 7) is 1.61. The van der Waals surface area contributed by atoms with E-state index in [1.54, 1.807) is 30.7 Å². The number of carbonyl (C=O) groups excluding carboxylic acids is 2. The first-order valence-corrected chi connectivity index (χ1v) is 8.32. The van der Waals surface area contributed by atoms with Crippen molar-refractivity contribution in [3.63, 3.8) is 0 Å². The number of nitrogens with zero attached hydrogens (tertiary/aromatic N) is 3. The second kappa shape index (κ2) is 6.79. The molecular formula is C19H17N5O2. The van der Waals surface area contributed by atoms with E-state index in [9.17, 15) is 9.59 Å². The zero-order chi connectivity index (χ0) is 17.9. The Labute approximate surface area is 150 Å². The van der Waals surface area contributed by atoms with Gasteiger partial charge in [0.2, 0.25) is 5.91 Å². The first-order chi connectivity index (χ1) is 12.7. The highest BCUT2D eigenvalue weighted by atomic mass is 16.2. The SMILES string of the molecule is O=C1CN(c2ccc(NC(=O)c3cncc4ccccc34)cn2)CCN1. The number of nitrogens with one attached hydrogen (secondary N) is 2. The van der Waals surface area contributed by atoms with Crippen LogP contribution in [0.1, 0.15) is 10.4 Å². The van der Waals surface area contributed by atoms with Gasteiger partial charge in [-0.1, -0.05) is 24.3 Å². The van der Waals surface area contributed by atoms with Gasteiger partial charge in [-0.05, 0) is 17.5 Å². The topological polar surface area (TPSA) is 87.2 Å². The van der Waals surface area contributed by atoms with E-state index in [1.165, 1.54) is 0 Å². The number of amides is 2. The molecule has 26 heavy (non-hydrogen) atoms. The second-order valence-corrected chi connectivity index (χ2v) is 6.04. The lowest BCUT2D eigenvalue weighted by Gasteiger charge is -2.27. The third kappa shape index (κ3) is 3.19. The number of carbonyl (C=O) groups is 2. The molecule has 0 radical (unpaired) electrons. The van der Waals surface area contributed by atoms with Gasteiger partial charge in [0, 0.05) is 30.9 Å². The smallest absolute Gasteiger partial charge is 0.257 e. The Hall–Kier alpha value is -3.48. The largest absolute Gasteiger partial charge is 0.353 e. The summed E-state index contributed by atoms with van der Waals surface area (Å²) >= 11 is 0. The molecule has 1 aliphatic heterocycles. The number of benzene rings is 1. The Morgan fingerprint density at radius 2 is 2.00 bits per heavy atom. The summed E-state index contributed by atoms with van der Waals surface area (Å²) in [7, 11) is 0. The molecule has 0 bridgehead atoms. The molecule has 0 aliphatic carbocycles. The van der Waals surface area contributed by atoms with Crippen molar-refractivity contribution in [3.8, 4) is 0 Å². The molecule has 2 N–H and O–H groups in total. The minimum Gasteiger partial charge on any atom is -0.353 e.